The van der Waals surface area contributed by atoms with Crippen LogP contribution >= 0.6 is 0 Å². The first-order valence-electron chi connectivity index (χ1n) is 6.93. The van der Waals surface area contributed by atoms with Gasteiger partial charge in [0, 0.05) is 22.9 Å². The molecule has 0 aliphatic heterocycles. The highest BCUT2D eigenvalue weighted by Crippen LogP contribution is 2.32. The molecule has 2 unspecified atom stereocenters. The molecular formula is C15H29NO. The van der Waals surface area contributed by atoms with Crippen LogP contribution in [0.4, 0.5) is 0 Å². The van der Waals surface area contributed by atoms with Crippen molar-refractivity contribution >= 4 is 5.78 Å². The third-order valence-corrected chi connectivity index (χ3v) is 3.46. The molecule has 1 N–H and O–H groups in total. The van der Waals surface area contributed by atoms with Gasteiger partial charge in [0.1, 0.15) is 5.78 Å². The lowest BCUT2D eigenvalue weighted by molar-refractivity contribution is -0.132. The fourth-order valence-corrected chi connectivity index (χ4v) is 2.73. The van der Waals surface area contributed by atoms with Gasteiger partial charge in [-0.15, -0.1) is 0 Å². The molecule has 0 bridgehead atoms. The average Bonchev–Trinajstić information content (AvgIpc) is 2.13. The van der Waals surface area contributed by atoms with Gasteiger partial charge in [0.15, 0.2) is 0 Å². The van der Waals surface area contributed by atoms with E-state index in [0.29, 0.717) is 11.8 Å². The number of carbonyl (C=O) groups excluding carboxylic acids is 1. The van der Waals surface area contributed by atoms with Crippen LogP contribution in [0.3, 0.4) is 0 Å². The number of hydrogen-bond donors (Lipinski definition) is 1. The lowest BCUT2D eigenvalue weighted by atomic mass is 9.73. The van der Waals surface area contributed by atoms with E-state index in [4.69, 9.17) is 0 Å². The van der Waals surface area contributed by atoms with Gasteiger partial charge in [-0.25, -0.2) is 0 Å². The Kier molecular flexibility index (Phi) is 4.40. The normalized spacial score (nSPS) is 26.9. The maximum atomic E-state index is 12.5. The van der Waals surface area contributed by atoms with E-state index in [-0.39, 0.29) is 16.9 Å². The molecule has 2 atom stereocenters. The number of ketones is 1. The average molecular weight is 239 g/mol. The number of Topliss-reactive ketones (excluding diaryl/α,β-unsaturated/α-hetero) is 1. The Balaban J connectivity index is 2.76. The van der Waals surface area contributed by atoms with Crippen LogP contribution in [0.25, 0.3) is 0 Å². The Labute approximate surface area is 107 Å². The molecule has 2 nitrogen and oxygen atoms in total. The fourth-order valence-electron chi connectivity index (χ4n) is 2.73. The minimum absolute atomic E-state index is 0.0957. The summed E-state index contributed by atoms with van der Waals surface area (Å²) < 4.78 is 0. The van der Waals surface area contributed by atoms with Crippen molar-refractivity contribution in [2.45, 2.75) is 78.8 Å². The Morgan fingerprint density at radius 2 is 1.53 bits per heavy atom. The van der Waals surface area contributed by atoms with E-state index in [0.717, 1.165) is 12.8 Å². The van der Waals surface area contributed by atoms with Crippen LogP contribution < -0.4 is 5.32 Å². The molecule has 1 aliphatic rings. The molecule has 0 heterocycles. The van der Waals surface area contributed by atoms with Gasteiger partial charge in [-0.1, -0.05) is 33.6 Å². The summed E-state index contributed by atoms with van der Waals surface area (Å²) in [6.45, 7) is 12.7. The second kappa shape index (κ2) is 5.09. The topological polar surface area (TPSA) is 29.1 Å². The van der Waals surface area contributed by atoms with Gasteiger partial charge in [0.2, 0.25) is 0 Å². The Bertz CT molecular complexity index is 270. The van der Waals surface area contributed by atoms with Gasteiger partial charge in [-0.3, -0.25) is 4.79 Å². The van der Waals surface area contributed by atoms with Crippen LogP contribution in [0.5, 0.6) is 0 Å². The largest absolute Gasteiger partial charge is 0.309 e. The molecule has 17 heavy (non-hydrogen) atoms. The van der Waals surface area contributed by atoms with Crippen LogP contribution in [0.1, 0.15) is 67.2 Å². The summed E-state index contributed by atoms with van der Waals surface area (Å²) in [7, 11) is 0. The molecule has 1 rings (SSSR count). The van der Waals surface area contributed by atoms with E-state index in [1.807, 2.05) is 20.8 Å². The van der Waals surface area contributed by atoms with Crippen LogP contribution in [0.2, 0.25) is 0 Å². The summed E-state index contributed by atoms with van der Waals surface area (Å²) in [5.74, 6) is 0.641. The van der Waals surface area contributed by atoms with Gasteiger partial charge in [0.05, 0.1) is 0 Å². The van der Waals surface area contributed by atoms with Crippen LogP contribution in [0, 0.1) is 11.3 Å². The second-order valence-corrected chi connectivity index (χ2v) is 7.51. The van der Waals surface area contributed by atoms with Crippen molar-refractivity contribution in [1.29, 1.82) is 0 Å². The molecule has 0 saturated heterocycles. The predicted octanol–water partition coefficient (Wildman–Crippen LogP) is 3.55. The standard InChI is InChI=1S/C15H29NO/c1-14(2,3)13(17)11-9-7-8-10-12(11)16-15(4,5)6/h11-12,16H,7-10H2,1-6H3. The first kappa shape index (κ1) is 14.7. The zero-order valence-electron chi connectivity index (χ0n) is 12.4. The van der Waals surface area contributed by atoms with E-state index in [1.54, 1.807) is 0 Å². The van der Waals surface area contributed by atoms with Crippen molar-refractivity contribution in [3.05, 3.63) is 0 Å². The van der Waals surface area contributed by atoms with Gasteiger partial charge >= 0.3 is 0 Å². The minimum atomic E-state index is -0.209. The summed E-state index contributed by atoms with van der Waals surface area (Å²) in [4.78, 5) is 12.5. The fraction of sp³-hybridized carbons (Fsp3) is 0.933. The number of rotatable bonds is 2. The quantitative estimate of drug-likeness (QED) is 0.798. The van der Waals surface area contributed by atoms with Crippen molar-refractivity contribution in [3.8, 4) is 0 Å². The minimum Gasteiger partial charge on any atom is -0.309 e. The predicted molar refractivity (Wildman–Crippen MR) is 73.1 cm³/mol. The molecule has 0 amide bonds. The maximum absolute atomic E-state index is 12.5. The van der Waals surface area contributed by atoms with E-state index >= 15 is 0 Å². The van der Waals surface area contributed by atoms with Gasteiger partial charge in [-0.2, -0.15) is 0 Å². The second-order valence-electron chi connectivity index (χ2n) is 7.51. The molecular weight excluding hydrogens is 210 g/mol. The summed E-state index contributed by atoms with van der Waals surface area (Å²) in [6.07, 6.45) is 4.66. The molecule has 1 aliphatic carbocycles. The van der Waals surface area contributed by atoms with Crippen molar-refractivity contribution in [2.24, 2.45) is 11.3 Å². The van der Waals surface area contributed by atoms with Gasteiger partial charge < -0.3 is 5.32 Å². The molecule has 1 saturated carbocycles. The van der Waals surface area contributed by atoms with Crippen LogP contribution in [-0.4, -0.2) is 17.4 Å². The number of hydrogen-bond acceptors (Lipinski definition) is 2. The smallest absolute Gasteiger partial charge is 0.142 e. The highest BCUT2D eigenvalue weighted by atomic mass is 16.1. The lowest BCUT2D eigenvalue weighted by Gasteiger charge is -2.38. The summed E-state index contributed by atoms with van der Waals surface area (Å²) in [6, 6.07) is 0.371. The van der Waals surface area contributed by atoms with Gasteiger partial charge in [-0.05, 0) is 33.6 Å². The first-order valence-corrected chi connectivity index (χ1v) is 6.93. The molecule has 0 aromatic carbocycles. The zero-order chi connectivity index (χ0) is 13.3. The van der Waals surface area contributed by atoms with Crippen molar-refractivity contribution in [1.82, 2.24) is 5.32 Å². The van der Waals surface area contributed by atoms with E-state index in [9.17, 15) is 4.79 Å². The molecule has 0 aromatic rings. The van der Waals surface area contributed by atoms with Crippen LogP contribution in [-0.2, 0) is 4.79 Å². The SMILES string of the molecule is CC(C)(C)NC1CCCCC1C(=O)C(C)(C)C. The maximum Gasteiger partial charge on any atom is 0.142 e. The highest BCUT2D eigenvalue weighted by molar-refractivity contribution is 5.86. The summed E-state index contributed by atoms with van der Waals surface area (Å²) >= 11 is 0. The number of nitrogens with one attached hydrogen (secondary N) is 1. The van der Waals surface area contributed by atoms with Crippen LogP contribution in [0.15, 0.2) is 0 Å². The third kappa shape index (κ3) is 4.42. The molecule has 0 radical (unpaired) electrons. The molecule has 0 spiro atoms. The third-order valence-electron chi connectivity index (χ3n) is 3.46. The Morgan fingerprint density at radius 3 is 2.00 bits per heavy atom. The summed E-state index contributed by atoms with van der Waals surface area (Å²) in [5.41, 5.74) is -0.113. The number of carbonyl (C=O) groups is 1. The Morgan fingerprint density at radius 1 is 1.00 bits per heavy atom. The lowest BCUT2D eigenvalue weighted by Crippen LogP contribution is -2.52. The summed E-state index contributed by atoms with van der Waals surface area (Å²) in [5, 5.41) is 3.64. The Hall–Kier alpha value is -0.370. The molecule has 2 heteroatoms. The first-order chi connectivity index (χ1) is 7.61. The van der Waals surface area contributed by atoms with Crippen molar-refractivity contribution in [2.75, 3.05) is 0 Å². The van der Waals surface area contributed by atoms with Gasteiger partial charge in [0.25, 0.3) is 0 Å². The van der Waals surface area contributed by atoms with Crippen molar-refractivity contribution in [3.63, 3.8) is 0 Å². The molecule has 100 valence electrons. The van der Waals surface area contributed by atoms with E-state index in [1.165, 1.54) is 12.8 Å². The molecule has 0 aromatic heterocycles. The highest BCUT2D eigenvalue weighted by Gasteiger charge is 2.37. The van der Waals surface area contributed by atoms with Crippen molar-refractivity contribution < 1.29 is 4.79 Å². The molecule has 1 fully saturated rings. The van der Waals surface area contributed by atoms with E-state index in [2.05, 4.69) is 26.1 Å². The zero-order valence-corrected chi connectivity index (χ0v) is 12.4. The van der Waals surface area contributed by atoms with E-state index < -0.39 is 0 Å². The monoisotopic (exact) mass is 239 g/mol.